The van der Waals surface area contributed by atoms with Crippen molar-refractivity contribution >= 4 is 23.4 Å². The SMILES string of the molecule is Cc1cc(NC(=O)c2cccn2C2CCN(C(=O)OC(C)(C)C)CC2)ccc1N(C)C. The monoisotopic (exact) mass is 426 g/mol. The lowest BCUT2D eigenvalue weighted by Gasteiger charge is -2.34. The number of carbonyl (C=O) groups is 2. The molecule has 1 aromatic heterocycles. The molecule has 0 unspecified atom stereocenters. The molecule has 0 bridgehead atoms. The van der Waals surface area contributed by atoms with Gasteiger partial charge in [0.2, 0.25) is 0 Å². The van der Waals surface area contributed by atoms with Crippen LogP contribution >= 0.6 is 0 Å². The van der Waals surface area contributed by atoms with E-state index in [-0.39, 0.29) is 18.0 Å². The minimum atomic E-state index is -0.497. The molecule has 3 rings (SSSR count). The van der Waals surface area contributed by atoms with Crippen molar-refractivity contribution in [3.8, 4) is 0 Å². The molecule has 1 N–H and O–H groups in total. The number of ether oxygens (including phenoxy) is 1. The van der Waals surface area contributed by atoms with Gasteiger partial charge in [-0.3, -0.25) is 4.79 Å². The zero-order valence-electron chi connectivity index (χ0n) is 19.4. The summed E-state index contributed by atoms with van der Waals surface area (Å²) in [5.74, 6) is -0.128. The zero-order valence-corrected chi connectivity index (χ0v) is 19.4. The third kappa shape index (κ3) is 5.60. The topological polar surface area (TPSA) is 66.8 Å². The highest BCUT2D eigenvalue weighted by atomic mass is 16.6. The second kappa shape index (κ2) is 9.04. The van der Waals surface area contributed by atoms with Gasteiger partial charge in [-0.1, -0.05) is 0 Å². The average Bonchev–Trinajstić information content (AvgIpc) is 3.16. The maximum Gasteiger partial charge on any atom is 0.410 e. The normalized spacial score (nSPS) is 15.0. The zero-order chi connectivity index (χ0) is 22.8. The van der Waals surface area contributed by atoms with Gasteiger partial charge in [-0.2, -0.15) is 0 Å². The molecule has 1 aliphatic rings. The smallest absolute Gasteiger partial charge is 0.410 e. The third-order valence-electron chi connectivity index (χ3n) is 5.46. The number of aryl methyl sites for hydroxylation is 1. The molecule has 0 radical (unpaired) electrons. The molecule has 1 saturated heterocycles. The first kappa shape index (κ1) is 22.7. The van der Waals surface area contributed by atoms with E-state index >= 15 is 0 Å². The quantitative estimate of drug-likeness (QED) is 0.770. The number of nitrogens with zero attached hydrogens (tertiary/aromatic N) is 3. The van der Waals surface area contributed by atoms with Crippen molar-refractivity contribution in [3.63, 3.8) is 0 Å². The van der Waals surface area contributed by atoms with Gasteiger partial charge in [0.25, 0.3) is 5.91 Å². The van der Waals surface area contributed by atoms with E-state index in [0.717, 1.165) is 29.8 Å². The van der Waals surface area contributed by atoms with E-state index in [9.17, 15) is 9.59 Å². The lowest BCUT2D eigenvalue weighted by atomic mass is 10.0. The first-order chi connectivity index (χ1) is 14.5. The highest BCUT2D eigenvalue weighted by Crippen LogP contribution is 2.27. The van der Waals surface area contributed by atoms with E-state index in [1.165, 1.54) is 0 Å². The van der Waals surface area contributed by atoms with E-state index in [1.807, 2.05) is 82.9 Å². The molecular formula is C24H34N4O3. The fourth-order valence-corrected chi connectivity index (χ4v) is 3.99. The summed E-state index contributed by atoms with van der Waals surface area (Å²) >= 11 is 0. The van der Waals surface area contributed by atoms with Gasteiger partial charge in [-0.05, 0) is 76.4 Å². The van der Waals surface area contributed by atoms with Gasteiger partial charge in [0.1, 0.15) is 11.3 Å². The molecule has 1 fully saturated rings. The van der Waals surface area contributed by atoms with Crippen molar-refractivity contribution in [1.82, 2.24) is 9.47 Å². The van der Waals surface area contributed by atoms with Crippen molar-refractivity contribution in [3.05, 3.63) is 47.8 Å². The highest BCUT2D eigenvalue weighted by molar-refractivity contribution is 6.03. The van der Waals surface area contributed by atoms with Gasteiger partial charge in [-0.25, -0.2) is 4.79 Å². The fourth-order valence-electron chi connectivity index (χ4n) is 3.99. The van der Waals surface area contributed by atoms with E-state index in [0.29, 0.717) is 18.8 Å². The standard InChI is InChI=1S/C24H34N4O3/c1-17-16-18(9-10-20(17)26(5)6)25-22(29)21-8-7-13-28(21)19-11-14-27(15-12-19)23(30)31-24(2,3)4/h7-10,13,16,19H,11-12,14-15H2,1-6H3,(H,25,29). The Labute approximate surface area is 185 Å². The summed E-state index contributed by atoms with van der Waals surface area (Å²) in [6.45, 7) is 8.88. The number of nitrogens with one attached hydrogen (secondary N) is 1. The summed E-state index contributed by atoms with van der Waals surface area (Å²) in [6.07, 6.45) is 3.24. The number of hydrogen-bond donors (Lipinski definition) is 1. The first-order valence-corrected chi connectivity index (χ1v) is 10.8. The molecule has 168 valence electrons. The summed E-state index contributed by atoms with van der Waals surface area (Å²) in [5.41, 5.74) is 3.14. The summed E-state index contributed by atoms with van der Waals surface area (Å²) in [5, 5.41) is 3.02. The van der Waals surface area contributed by atoms with Gasteiger partial charge in [0, 0.05) is 50.8 Å². The van der Waals surface area contributed by atoms with E-state index < -0.39 is 5.60 Å². The molecule has 7 nitrogen and oxygen atoms in total. The van der Waals surface area contributed by atoms with Crippen LogP contribution in [-0.2, 0) is 4.74 Å². The number of benzene rings is 1. The van der Waals surface area contributed by atoms with Gasteiger partial charge >= 0.3 is 6.09 Å². The molecule has 2 amide bonds. The average molecular weight is 427 g/mol. The molecule has 0 atom stereocenters. The van der Waals surface area contributed by atoms with Crippen LogP contribution in [0.2, 0.25) is 0 Å². The summed E-state index contributed by atoms with van der Waals surface area (Å²) in [4.78, 5) is 29.1. The number of amides is 2. The molecule has 2 aromatic rings. The van der Waals surface area contributed by atoms with Crippen molar-refractivity contribution < 1.29 is 14.3 Å². The summed E-state index contributed by atoms with van der Waals surface area (Å²) in [6, 6.07) is 9.84. The summed E-state index contributed by atoms with van der Waals surface area (Å²) in [7, 11) is 4.00. The van der Waals surface area contributed by atoms with Crippen LogP contribution in [0, 0.1) is 6.92 Å². The third-order valence-corrected chi connectivity index (χ3v) is 5.46. The van der Waals surface area contributed by atoms with Crippen LogP contribution in [0.5, 0.6) is 0 Å². The van der Waals surface area contributed by atoms with Gasteiger partial charge in [-0.15, -0.1) is 0 Å². The van der Waals surface area contributed by atoms with E-state index in [1.54, 1.807) is 4.90 Å². The minimum Gasteiger partial charge on any atom is -0.444 e. The number of aromatic nitrogens is 1. The molecule has 7 heteroatoms. The first-order valence-electron chi connectivity index (χ1n) is 10.8. The van der Waals surface area contributed by atoms with Crippen LogP contribution in [0.4, 0.5) is 16.2 Å². The van der Waals surface area contributed by atoms with E-state index in [2.05, 4.69) is 10.2 Å². The Morgan fingerprint density at radius 2 is 1.81 bits per heavy atom. The van der Waals surface area contributed by atoms with Crippen molar-refractivity contribution in [2.45, 2.75) is 52.2 Å². The van der Waals surface area contributed by atoms with Crippen LogP contribution in [-0.4, -0.2) is 54.3 Å². The molecule has 2 heterocycles. The second-order valence-corrected chi connectivity index (χ2v) is 9.35. The fraction of sp³-hybridized carbons (Fsp3) is 0.500. The Balaban J connectivity index is 1.64. The molecule has 1 aliphatic heterocycles. The largest absolute Gasteiger partial charge is 0.444 e. The predicted octanol–water partition coefficient (Wildman–Crippen LogP) is 4.69. The van der Waals surface area contributed by atoms with Crippen LogP contribution in [0.25, 0.3) is 0 Å². The molecule has 1 aromatic carbocycles. The van der Waals surface area contributed by atoms with Gasteiger partial charge in [0.15, 0.2) is 0 Å². The van der Waals surface area contributed by atoms with Gasteiger partial charge in [0.05, 0.1) is 0 Å². The van der Waals surface area contributed by atoms with Crippen molar-refractivity contribution in [2.24, 2.45) is 0 Å². The van der Waals surface area contributed by atoms with Gasteiger partial charge < -0.3 is 24.4 Å². The summed E-state index contributed by atoms with van der Waals surface area (Å²) < 4.78 is 7.51. The number of anilines is 2. The second-order valence-electron chi connectivity index (χ2n) is 9.35. The number of hydrogen-bond acceptors (Lipinski definition) is 4. The molecule has 0 spiro atoms. The lowest BCUT2D eigenvalue weighted by Crippen LogP contribution is -2.42. The highest BCUT2D eigenvalue weighted by Gasteiger charge is 2.28. The molecular weight excluding hydrogens is 392 g/mol. The minimum absolute atomic E-state index is 0.128. The number of likely N-dealkylation sites (tertiary alicyclic amines) is 1. The van der Waals surface area contributed by atoms with Crippen molar-refractivity contribution in [1.29, 1.82) is 0 Å². The Hall–Kier alpha value is -2.96. The lowest BCUT2D eigenvalue weighted by molar-refractivity contribution is 0.0187. The maximum absolute atomic E-state index is 13.0. The predicted molar refractivity (Wildman–Crippen MR) is 124 cm³/mol. The van der Waals surface area contributed by atoms with Crippen molar-refractivity contribution in [2.75, 3.05) is 37.4 Å². The number of piperidine rings is 1. The van der Waals surface area contributed by atoms with Crippen LogP contribution in [0.3, 0.4) is 0 Å². The Morgan fingerprint density at radius 1 is 1.13 bits per heavy atom. The number of carbonyl (C=O) groups excluding carboxylic acids is 2. The van der Waals surface area contributed by atoms with Crippen LogP contribution in [0.15, 0.2) is 36.5 Å². The van der Waals surface area contributed by atoms with Crippen LogP contribution in [0.1, 0.15) is 55.7 Å². The number of rotatable bonds is 4. The molecule has 31 heavy (non-hydrogen) atoms. The van der Waals surface area contributed by atoms with E-state index in [4.69, 9.17) is 4.74 Å². The maximum atomic E-state index is 13.0. The Morgan fingerprint density at radius 3 is 2.39 bits per heavy atom. The molecule has 0 saturated carbocycles. The Kier molecular flexibility index (Phi) is 6.62. The Bertz CT molecular complexity index is 935. The van der Waals surface area contributed by atoms with Crippen LogP contribution < -0.4 is 10.2 Å². The molecule has 0 aliphatic carbocycles.